The molecule has 34 heavy (non-hydrogen) atoms. The summed E-state index contributed by atoms with van der Waals surface area (Å²) in [4.78, 5) is 4.43. The largest absolute Gasteiger partial charge is 0.493 e. The molecule has 0 spiro atoms. The first kappa shape index (κ1) is 20.3. The quantitative estimate of drug-likeness (QED) is 0.466. The van der Waals surface area contributed by atoms with Crippen molar-refractivity contribution in [1.82, 2.24) is 14.8 Å². The van der Waals surface area contributed by atoms with Crippen LogP contribution in [-0.2, 0) is 0 Å². The van der Waals surface area contributed by atoms with Gasteiger partial charge in [-0.05, 0) is 47.5 Å². The Morgan fingerprint density at radius 2 is 1.79 bits per heavy atom. The van der Waals surface area contributed by atoms with Crippen molar-refractivity contribution in [3.05, 3.63) is 101 Å². The lowest BCUT2D eigenvalue weighted by Crippen LogP contribution is -2.32. The van der Waals surface area contributed by atoms with Gasteiger partial charge in [0.1, 0.15) is 30.0 Å². The number of nitrogens with one attached hydrogen (secondary N) is 1. The van der Waals surface area contributed by atoms with Gasteiger partial charge in [0, 0.05) is 11.1 Å². The molecule has 2 aliphatic rings. The molecule has 6 rings (SSSR count). The van der Waals surface area contributed by atoms with Crippen molar-refractivity contribution in [2.24, 2.45) is 0 Å². The van der Waals surface area contributed by atoms with Crippen molar-refractivity contribution in [2.45, 2.75) is 12.1 Å². The van der Waals surface area contributed by atoms with Crippen molar-refractivity contribution < 1.29 is 18.6 Å². The molecule has 170 valence electrons. The monoisotopic (exact) mass is 456 g/mol. The topological polar surface area (TPSA) is 70.4 Å². The van der Waals surface area contributed by atoms with E-state index in [1.807, 2.05) is 53.2 Å². The zero-order chi connectivity index (χ0) is 23.2. The molecule has 0 fully saturated rings. The fourth-order valence-corrected chi connectivity index (χ4v) is 4.71. The molecule has 1 aromatic heterocycles. The average Bonchev–Trinajstić information content (AvgIpc) is 3.35. The number of aromatic nitrogens is 3. The smallest absolute Gasteiger partial charge is 0.226 e. The predicted octanol–water partition coefficient (Wildman–Crippen LogP) is 4.99. The van der Waals surface area contributed by atoms with Crippen LogP contribution in [0.15, 0.2) is 78.6 Å². The molecule has 0 radical (unpaired) electrons. The zero-order valence-corrected chi connectivity index (χ0v) is 18.5. The van der Waals surface area contributed by atoms with E-state index in [0.29, 0.717) is 28.8 Å². The third kappa shape index (κ3) is 3.10. The van der Waals surface area contributed by atoms with Gasteiger partial charge in [-0.3, -0.25) is 0 Å². The molecule has 0 unspecified atom stereocenters. The second kappa shape index (κ2) is 7.91. The summed E-state index contributed by atoms with van der Waals surface area (Å²) in [6.45, 7) is 0. The number of ether oxygens (including phenoxy) is 3. The molecular weight excluding hydrogens is 435 g/mol. The highest BCUT2D eigenvalue weighted by atomic mass is 19.1. The maximum absolute atomic E-state index is 14.3. The summed E-state index contributed by atoms with van der Waals surface area (Å²) >= 11 is 0. The summed E-state index contributed by atoms with van der Waals surface area (Å²) in [5, 5.41) is 7.95. The Kier molecular flexibility index (Phi) is 4.72. The van der Waals surface area contributed by atoms with Crippen LogP contribution in [0.5, 0.6) is 17.2 Å². The van der Waals surface area contributed by atoms with Crippen LogP contribution in [0.4, 0.5) is 10.3 Å². The number of hydrogen-bond donors (Lipinski definition) is 1. The minimum absolute atomic E-state index is 0.324. The first-order chi connectivity index (χ1) is 16.7. The van der Waals surface area contributed by atoms with Crippen LogP contribution >= 0.6 is 0 Å². The van der Waals surface area contributed by atoms with Crippen molar-refractivity contribution >= 4 is 11.6 Å². The number of fused-ring (bicyclic) bond motifs is 3. The molecular formula is C26H21FN4O3. The van der Waals surface area contributed by atoms with E-state index in [4.69, 9.17) is 14.2 Å². The van der Waals surface area contributed by atoms with Gasteiger partial charge >= 0.3 is 0 Å². The molecule has 0 aliphatic carbocycles. The number of halogens is 1. The Hall–Kier alpha value is -4.33. The Morgan fingerprint density at radius 3 is 2.62 bits per heavy atom. The van der Waals surface area contributed by atoms with Crippen LogP contribution in [0.2, 0.25) is 0 Å². The van der Waals surface area contributed by atoms with Gasteiger partial charge in [-0.1, -0.05) is 30.3 Å². The van der Waals surface area contributed by atoms with Gasteiger partial charge in [0.25, 0.3) is 0 Å². The van der Waals surface area contributed by atoms with E-state index in [1.54, 1.807) is 20.3 Å². The lowest BCUT2D eigenvalue weighted by atomic mass is 9.84. The van der Waals surface area contributed by atoms with Crippen molar-refractivity contribution in [1.29, 1.82) is 0 Å². The molecule has 0 saturated carbocycles. The summed E-state index contributed by atoms with van der Waals surface area (Å²) in [6.07, 6.45) is 0.960. The van der Waals surface area contributed by atoms with Crippen LogP contribution in [0.3, 0.4) is 0 Å². The number of anilines is 1. The first-order valence-electron chi connectivity index (χ1n) is 10.8. The summed E-state index contributed by atoms with van der Waals surface area (Å²) in [5.41, 5.74) is 4.29. The Labute approximate surface area is 195 Å². The van der Waals surface area contributed by atoms with Gasteiger partial charge in [0.05, 0.1) is 19.9 Å². The fourth-order valence-electron chi connectivity index (χ4n) is 4.71. The van der Waals surface area contributed by atoms with E-state index >= 15 is 0 Å². The highest BCUT2D eigenvalue weighted by Gasteiger charge is 2.41. The standard InChI is InChI=1S/C26H21FN4O3/c1-32-20-11-10-15(13-21(20)33-2)24-22-23(30-26-28-14-29-31(24)26)18-8-3-4-9-19(18)34-25(22)16-6-5-7-17(27)12-16/h3-14,24-25H,1-2H3,(H,28,29,30)/t24-,25-/m1/s1. The van der Waals surface area contributed by atoms with E-state index in [0.717, 1.165) is 22.4 Å². The second-order valence-corrected chi connectivity index (χ2v) is 8.05. The third-order valence-electron chi connectivity index (χ3n) is 6.20. The molecule has 1 N–H and O–H groups in total. The maximum atomic E-state index is 14.3. The van der Waals surface area contributed by atoms with E-state index in [9.17, 15) is 4.39 Å². The summed E-state index contributed by atoms with van der Waals surface area (Å²) in [5.74, 6) is 2.21. The van der Waals surface area contributed by atoms with E-state index in [-0.39, 0.29) is 11.9 Å². The van der Waals surface area contributed by atoms with Gasteiger partial charge in [-0.2, -0.15) is 10.1 Å². The lowest BCUT2D eigenvalue weighted by molar-refractivity contribution is 0.222. The molecule has 4 aromatic rings. The maximum Gasteiger partial charge on any atom is 0.226 e. The molecule has 0 amide bonds. The summed E-state index contributed by atoms with van der Waals surface area (Å²) < 4.78 is 33.6. The molecule has 3 aromatic carbocycles. The first-order valence-corrected chi connectivity index (χ1v) is 10.8. The number of para-hydroxylation sites is 1. The average molecular weight is 456 g/mol. The molecule has 0 bridgehead atoms. The molecule has 7 nitrogen and oxygen atoms in total. The third-order valence-corrected chi connectivity index (χ3v) is 6.20. The lowest BCUT2D eigenvalue weighted by Gasteiger charge is -2.39. The number of methoxy groups -OCH3 is 2. The second-order valence-electron chi connectivity index (χ2n) is 8.05. The van der Waals surface area contributed by atoms with E-state index in [2.05, 4.69) is 15.4 Å². The van der Waals surface area contributed by atoms with Gasteiger partial charge in [0.2, 0.25) is 5.95 Å². The summed E-state index contributed by atoms with van der Waals surface area (Å²) in [7, 11) is 3.20. The number of hydrogen-bond acceptors (Lipinski definition) is 6. The van der Waals surface area contributed by atoms with Gasteiger partial charge in [-0.15, -0.1) is 0 Å². The SMILES string of the molecule is COc1ccc([C@@H]2C3=C(Nc4ncnn42)c2ccccc2O[C@@H]3c2cccc(F)c2)cc1OC. The van der Waals surface area contributed by atoms with Crippen molar-refractivity contribution in [2.75, 3.05) is 19.5 Å². The fraction of sp³-hybridized carbons (Fsp3) is 0.154. The Morgan fingerprint density at radius 1 is 0.941 bits per heavy atom. The Bertz CT molecular complexity index is 1430. The van der Waals surface area contributed by atoms with Gasteiger partial charge in [0.15, 0.2) is 11.5 Å². The molecule has 2 atom stereocenters. The number of rotatable bonds is 4. The molecule has 3 heterocycles. The van der Waals surface area contributed by atoms with Crippen LogP contribution in [0.25, 0.3) is 5.70 Å². The highest BCUT2D eigenvalue weighted by molar-refractivity contribution is 5.85. The number of nitrogens with zero attached hydrogens (tertiary/aromatic N) is 3. The highest BCUT2D eigenvalue weighted by Crippen LogP contribution is 2.51. The van der Waals surface area contributed by atoms with Crippen molar-refractivity contribution in [3.63, 3.8) is 0 Å². The van der Waals surface area contributed by atoms with Crippen LogP contribution in [0.1, 0.15) is 28.8 Å². The zero-order valence-electron chi connectivity index (χ0n) is 18.5. The predicted molar refractivity (Wildman–Crippen MR) is 124 cm³/mol. The van der Waals surface area contributed by atoms with Gasteiger partial charge in [-0.25, -0.2) is 9.07 Å². The normalized spacial score (nSPS) is 18.2. The molecule has 0 saturated heterocycles. The summed E-state index contributed by atoms with van der Waals surface area (Å²) in [6, 6.07) is 19.7. The molecule has 8 heteroatoms. The van der Waals surface area contributed by atoms with E-state index < -0.39 is 6.10 Å². The van der Waals surface area contributed by atoms with Gasteiger partial charge < -0.3 is 19.5 Å². The van der Waals surface area contributed by atoms with E-state index in [1.165, 1.54) is 18.5 Å². The number of benzene rings is 3. The van der Waals surface area contributed by atoms with Crippen LogP contribution < -0.4 is 19.5 Å². The Balaban J connectivity index is 1.62. The van der Waals surface area contributed by atoms with Crippen LogP contribution in [0, 0.1) is 5.82 Å². The minimum Gasteiger partial charge on any atom is -0.493 e. The van der Waals surface area contributed by atoms with Crippen molar-refractivity contribution in [3.8, 4) is 17.2 Å². The molecule has 2 aliphatic heterocycles. The van der Waals surface area contributed by atoms with Crippen LogP contribution in [-0.4, -0.2) is 29.0 Å². The minimum atomic E-state index is -0.552.